The molecule has 0 bridgehead atoms. The minimum Gasteiger partial charge on any atom is -0.342 e. The summed E-state index contributed by atoms with van der Waals surface area (Å²) in [6.07, 6.45) is 3.48. The van der Waals surface area contributed by atoms with Crippen molar-refractivity contribution < 1.29 is 4.79 Å². The third-order valence-corrected chi connectivity index (χ3v) is 5.60. The summed E-state index contributed by atoms with van der Waals surface area (Å²) in [5.74, 6) is 0.594. The van der Waals surface area contributed by atoms with Crippen LogP contribution >= 0.6 is 0 Å². The van der Waals surface area contributed by atoms with E-state index in [1.807, 2.05) is 17.0 Å². The highest BCUT2D eigenvalue weighted by Gasteiger charge is 2.35. The minimum atomic E-state index is 0.0873. The Morgan fingerprint density at radius 3 is 2.04 bits per heavy atom. The smallest absolute Gasteiger partial charge is 0.222 e. The molecule has 26 heavy (non-hydrogen) atoms. The summed E-state index contributed by atoms with van der Waals surface area (Å²) in [5.41, 5.74) is 8.59. The maximum absolute atomic E-state index is 12.9. The predicted octanol–water partition coefficient (Wildman–Crippen LogP) is 3.68. The van der Waals surface area contributed by atoms with Gasteiger partial charge in [0.1, 0.15) is 0 Å². The van der Waals surface area contributed by atoms with Crippen LogP contribution in [0.15, 0.2) is 60.7 Å². The van der Waals surface area contributed by atoms with E-state index >= 15 is 0 Å². The minimum absolute atomic E-state index is 0.0873. The van der Waals surface area contributed by atoms with Gasteiger partial charge in [0.25, 0.3) is 0 Å². The molecule has 3 nitrogen and oxygen atoms in total. The molecule has 138 valence electrons. The first-order chi connectivity index (χ1) is 12.6. The molecule has 1 aliphatic rings. The summed E-state index contributed by atoms with van der Waals surface area (Å²) in [5, 5.41) is 0. The highest BCUT2D eigenvalue weighted by atomic mass is 16.2. The molecule has 1 heterocycles. The second kappa shape index (κ2) is 8.50. The lowest BCUT2D eigenvalue weighted by atomic mass is 9.89. The normalized spacial score (nSPS) is 19.9. The molecule has 1 unspecified atom stereocenters. The maximum Gasteiger partial charge on any atom is 0.222 e. The summed E-state index contributed by atoms with van der Waals surface area (Å²) >= 11 is 0. The molecule has 3 heteroatoms. The van der Waals surface area contributed by atoms with Gasteiger partial charge in [-0.05, 0) is 48.3 Å². The summed E-state index contributed by atoms with van der Waals surface area (Å²) in [4.78, 5) is 14.9. The standard InChI is InChI=1S/C23H30N2O/c1-23(17-24)12-13-25(18-23)22(26)16-21(14-19-8-4-2-5-9-19)15-20-10-6-3-7-11-20/h2-11,21H,12-18,24H2,1H3. The van der Waals surface area contributed by atoms with Crippen molar-refractivity contribution in [2.75, 3.05) is 19.6 Å². The van der Waals surface area contributed by atoms with Crippen molar-refractivity contribution in [3.05, 3.63) is 71.8 Å². The number of nitrogens with zero attached hydrogens (tertiary/aromatic N) is 1. The van der Waals surface area contributed by atoms with Crippen LogP contribution in [0.2, 0.25) is 0 Å². The van der Waals surface area contributed by atoms with Crippen LogP contribution < -0.4 is 5.73 Å². The van der Waals surface area contributed by atoms with Crippen molar-refractivity contribution in [3.63, 3.8) is 0 Å². The fourth-order valence-corrected chi connectivity index (χ4v) is 3.89. The number of carbonyl (C=O) groups excluding carboxylic acids is 1. The highest BCUT2D eigenvalue weighted by molar-refractivity contribution is 5.77. The number of likely N-dealkylation sites (tertiary alicyclic amines) is 1. The van der Waals surface area contributed by atoms with E-state index in [2.05, 4.69) is 55.5 Å². The fraction of sp³-hybridized carbons (Fsp3) is 0.435. The van der Waals surface area contributed by atoms with Gasteiger partial charge in [0.2, 0.25) is 5.91 Å². The highest BCUT2D eigenvalue weighted by Crippen LogP contribution is 2.30. The molecule has 1 saturated heterocycles. The van der Waals surface area contributed by atoms with Gasteiger partial charge >= 0.3 is 0 Å². The van der Waals surface area contributed by atoms with Crippen LogP contribution in [-0.2, 0) is 17.6 Å². The zero-order chi connectivity index (χ0) is 18.4. The number of hydrogen-bond acceptors (Lipinski definition) is 2. The van der Waals surface area contributed by atoms with Gasteiger partial charge in [-0.3, -0.25) is 4.79 Å². The molecule has 1 aliphatic heterocycles. The number of amides is 1. The Balaban J connectivity index is 1.68. The third-order valence-electron chi connectivity index (χ3n) is 5.60. The molecular weight excluding hydrogens is 320 g/mol. The Bertz CT molecular complexity index is 659. The molecule has 0 spiro atoms. The monoisotopic (exact) mass is 350 g/mol. The molecule has 2 aromatic carbocycles. The zero-order valence-corrected chi connectivity index (χ0v) is 15.7. The number of nitrogens with two attached hydrogens (primary N) is 1. The Kier molecular flexibility index (Phi) is 6.10. The zero-order valence-electron chi connectivity index (χ0n) is 15.7. The van der Waals surface area contributed by atoms with E-state index in [0.29, 0.717) is 18.9 Å². The first-order valence-electron chi connectivity index (χ1n) is 9.64. The molecule has 3 rings (SSSR count). The van der Waals surface area contributed by atoms with Gasteiger partial charge in [-0.25, -0.2) is 0 Å². The number of rotatable bonds is 7. The van der Waals surface area contributed by atoms with Crippen LogP contribution in [0.1, 0.15) is 30.9 Å². The van der Waals surface area contributed by atoms with Gasteiger partial charge in [0, 0.05) is 19.5 Å². The van der Waals surface area contributed by atoms with E-state index in [0.717, 1.165) is 32.4 Å². The molecule has 1 atom stereocenters. The first-order valence-corrected chi connectivity index (χ1v) is 9.64. The number of carbonyl (C=O) groups is 1. The SMILES string of the molecule is CC1(CN)CCN(C(=O)CC(Cc2ccccc2)Cc2ccccc2)C1. The van der Waals surface area contributed by atoms with Crippen LogP contribution in [0, 0.1) is 11.3 Å². The molecule has 1 fully saturated rings. The van der Waals surface area contributed by atoms with Crippen LogP contribution in [0.3, 0.4) is 0 Å². The van der Waals surface area contributed by atoms with Gasteiger partial charge in [0.15, 0.2) is 0 Å². The molecule has 2 aromatic rings. The Morgan fingerprint density at radius 1 is 1.04 bits per heavy atom. The summed E-state index contributed by atoms with van der Waals surface area (Å²) in [7, 11) is 0. The van der Waals surface area contributed by atoms with E-state index < -0.39 is 0 Å². The average molecular weight is 351 g/mol. The van der Waals surface area contributed by atoms with E-state index in [4.69, 9.17) is 5.73 Å². The van der Waals surface area contributed by atoms with Crippen LogP contribution in [0.25, 0.3) is 0 Å². The Labute approximate surface area is 157 Å². The van der Waals surface area contributed by atoms with Crippen LogP contribution in [0.4, 0.5) is 0 Å². The molecule has 1 amide bonds. The predicted molar refractivity (Wildman–Crippen MR) is 107 cm³/mol. The Morgan fingerprint density at radius 2 is 1.58 bits per heavy atom. The Hall–Kier alpha value is -2.13. The summed E-state index contributed by atoms with van der Waals surface area (Å²) in [6, 6.07) is 21.0. The second-order valence-corrected chi connectivity index (χ2v) is 8.03. The molecule has 0 aliphatic carbocycles. The van der Waals surface area contributed by atoms with Gasteiger partial charge < -0.3 is 10.6 Å². The lowest BCUT2D eigenvalue weighted by Gasteiger charge is -2.24. The average Bonchev–Trinajstić information content (AvgIpc) is 3.06. The summed E-state index contributed by atoms with van der Waals surface area (Å²) < 4.78 is 0. The van der Waals surface area contributed by atoms with Crippen molar-refractivity contribution in [3.8, 4) is 0 Å². The topological polar surface area (TPSA) is 46.3 Å². The lowest BCUT2D eigenvalue weighted by Crippen LogP contribution is -2.35. The van der Waals surface area contributed by atoms with Crippen molar-refractivity contribution in [2.24, 2.45) is 17.1 Å². The van der Waals surface area contributed by atoms with E-state index in [1.54, 1.807) is 0 Å². The van der Waals surface area contributed by atoms with Gasteiger partial charge in [-0.15, -0.1) is 0 Å². The third kappa shape index (κ3) is 4.95. The fourth-order valence-electron chi connectivity index (χ4n) is 3.89. The van der Waals surface area contributed by atoms with Crippen molar-refractivity contribution in [1.82, 2.24) is 4.90 Å². The molecule has 0 radical (unpaired) electrons. The molecule has 0 saturated carbocycles. The van der Waals surface area contributed by atoms with Gasteiger partial charge in [0.05, 0.1) is 0 Å². The van der Waals surface area contributed by atoms with Crippen LogP contribution in [0.5, 0.6) is 0 Å². The lowest BCUT2D eigenvalue weighted by molar-refractivity contribution is -0.131. The van der Waals surface area contributed by atoms with E-state index in [1.165, 1.54) is 11.1 Å². The molecular formula is C23H30N2O. The van der Waals surface area contributed by atoms with E-state index in [-0.39, 0.29) is 11.3 Å². The second-order valence-electron chi connectivity index (χ2n) is 8.03. The summed E-state index contributed by atoms with van der Waals surface area (Å²) in [6.45, 7) is 4.47. The van der Waals surface area contributed by atoms with Crippen molar-refractivity contribution >= 4 is 5.91 Å². The van der Waals surface area contributed by atoms with Gasteiger partial charge in [-0.1, -0.05) is 67.6 Å². The van der Waals surface area contributed by atoms with E-state index in [9.17, 15) is 4.79 Å². The van der Waals surface area contributed by atoms with Crippen molar-refractivity contribution in [2.45, 2.75) is 32.6 Å². The maximum atomic E-state index is 12.9. The number of hydrogen-bond donors (Lipinski definition) is 1. The van der Waals surface area contributed by atoms with Crippen LogP contribution in [-0.4, -0.2) is 30.4 Å². The number of benzene rings is 2. The van der Waals surface area contributed by atoms with Gasteiger partial charge in [-0.2, -0.15) is 0 Å². The quantitative estimate of drug-likeness (QED) is 0.828. The largest absolute Gasteiger partial charge is 0.342 e. The van der Waals surface area contributed by atoms with Crippen molar-refractivity contribution in [1.29, 1.82) is 0 Å². The molecule has 0 aromatic heterocycles. The molecule has 2 N–H and O–H groups in total. The first kappa shape index (κ1) is 18.7.